The van der Waals surface area contributed by atoms with Crippen LogP contribution in [0.5, 0.6) is 0 Å². The van der Waals surface area contributed by atoms with Crippen LogP contribution in [0.3, 0.4) is 0 Å². The predicted octanol–water partition coefficient (Wildman–Crippen LogP) is 2.25. The van der Waals surface area contributed by atoms with E-state index in [1.807, 2.05) is 6.07 Å². The minimum Gasteiger partial charge on any atom is -0.390 e. The molecule has 0 saturated heterocycles. The number of rotatable bonds is 4. The number of nitrogens with zero attached hydrogens (tertiary/aromatic N) is 1. The molecule has 0 heterocycles. The van der Waals surface area contributed by atoms with Crippen LogP contribution in [0.15, 0.2) is 18.2 Å². The number of nitrogens with one attached hydrogen (secondary N) is 1. The highest BCUT2D eigenvalue weighted by molar-refractivity contribution is 6.32. The number of nitriles is 1. The van der Waals surface area contributed by atoms with E-state index in [1.54, 1.807) is 0 Å². The fourth-order valence-corrected chi connectivity index (χ4v) is 1.23. The van der Waals surface area contributed by atoms with Crippen molar-refractivity contribution in [3.8, 4) is 6.07 Å². The van der Waals surface area contributed by atoms with Crippen LogP contribution in [0, 0.1) is 11.3 Å². The molecule has 3 nitrogen and oxygen atoms in total. The molecule has 1 aromatic rings. The van der Waals surface area contributed by atoms with Crippen molar-refractivity contribution in [2.75, 3.05) is 18.5 Å². The van der Waals surface area contributed by atoms with Gasteiger partial charge in [-0.3, -0.25) is 0 Å². The maximum Gasteiger partial charge on any atom is 0.287 e. The van der Waals surface area contributed by atoms with Crippen LogP contribution in [0.2, 0.25) is 5.02 Å². The highest BCUT2D eigenvalue weighted by Gasteiger charge is 2.27. The van der Waals surface area contributed by atoms with Crippen molar-refractivity contribution in [1.82, 2.24) is 0 Å². The third-order valence-electron chi connectivity index (χ3n) is 1.87. The molecule has 0 atom stereocenters. The fourth-order valence-electron chi connectivity index (χ4n) is 1.00. The zero-order valence-corrected chi connectivity index (χ0v) is 8.93. The summed E-state index contributed by atoms with van der Waals surface area (Å²) in [5, 5.41) is 19.6. The Morgan fingerprint density at radius 1 is 1.50 bits per heavy atom. The maximum absolute atomic E-state index is 12.7. The number of aliphatic hydroxyl groups excluding tert-OH is 1. The normalized spacial score (nSPS) is 10.9. The molecule has 0 fully saturated rings. The first-order valence-corrected chi connectivity index (χ1v) is 4.78. The van der Waals surface area contributed by atoms with E-state index in [-0.39, 0.29) is 10.6 Å². The van der Waals surface area contributed by atoms with E-state index in [0.717, 1.165) is 0 Å². The Labute approximate surface area is 96.3 Å². The molecule has 0 bridgehead atoms. The van der Waals surface area contributed by atoms with E-state index in [1.165, 1.54) is 18.2 Å². The summed E-state index contributed by atoms with van der Waals surface area (Å²) in [4.78, 5) is 0. The van der Waals surface area contributed by atoms with Crippen LogP contribution in [0.4, 0.5) is 14.5 Å². The monoisotopic (exact) mass is 246 g/mol. The largest absolute Gasteiger partial charge is 0.390 e. The van der Waals surface area contributed by atoms with Gasteiger partial charge in [0, 0.05) is 5.69 Å². The van der Waals surface area contributed by atoms with Crippen molar-refractivity contribution in [2.45, 2.75) is 5.92 Å². The number of hydrogen-bond donors (Lipinski definition) is 2. The second kappa shape index (κ2) is 5.10. The van der Waals surface area contributed by atoms with Crippen molar-refractivity contribution in [1.29, 1.82) is 5.26 Å². The Kier molecular flexibility index (Phi) is 4.05. The Morgan fingerprint density at radius 2 is 2.19 bits per heavy atom. The zero-order valence-electron chi connectivity index (χ0n) is 8.17. The van der Waals surface area contributed by atoms with Gasteiger partial charge in [0.1, 0.15) is 12.7 Å². The Bertz CT molecular complexity index is 418. The lowest BCUT2D eigenvalue weighted by atomic mass is 10.2. The summed E-state index contributed by atoms with van der Waals surface area (Å²) in [5.74, 6) is -3.18. The van der Waals surface area contributed by atoms with E-state index in [2.05, 4.69) is 5.32 Å². The van der Waals surface area contributed by atoms with Crippen LogP contribution in [-0.4, -0.2) is 24.2 Å². The van der Waals surface area contributed by atoms with E-state index in [9.17, 15) is 8.78 Å². The van der Waals surface area contributed by atoms with Crippen molar-refractivity contribution in [3.05, 3.63) is 28.8 Å². The molecule has 0 amide bonds. The zero-order chi connectivity index (χ0) is 12.2. The first-order chi connectivity index (χ1) is 7.48. The van der Waals surface area contributed by atoms with Crippen LogP contribution >= 0.6 is 11.6 Å². The molecule has 1 rings (SSSR count). The fraction of sp³-hybridized carbons (Fsp3) is 0.300. The molecule has 0 unspecified atom stereocenters. The van der Waals surface area contributed by atoms with Crippen LogP contribution in [0.25, 0.3) is 0 Å². The van der Waals surface area contributed by atoms with Gasteiger partial charge < -0.3 is 10.4 Å². The van der Waals surface area contributed by atoms with Crippen LogP contribution in [-0.2, 0) is 0 Å². The first kappa shape index (κ1) is 12.7. The van der Waals surface area contributed by atoms with Gasteiger partial charge >= 0.3 is 0 Å². The Morgan fingerprint density at radius 3 is 2.69 bits per heavy atom. The molecule has 0 aliphatic rings. The lowest BCUT2D eigenvalue weighted by Gasteiger charge is -2.15. The summed E-state index contributed by atoms with van der Waals surface area (Å²) in [7, 11) is 0. The van der Waals surface area contributed by atoms with E-state index in [4.69, 9.17) is 22.0 Å². The van der Waals surface area contributed by atoms with Crippen molar-refractivity contribution in [2.24, 2.45) is 0 Å². The van der Waals surface area contributed by atoms with Crippen molar-refractivity contribution < 1.29 is 13.9 Å². The average Bonchev–Trinajstić information content (AvgIpc) is 2.27. The third kappa shape index (κ3) is 3.33. The van der Waals surface area contributed by atoms with Crippen LogP contribution < -0.4 is 5.32 Å². The molecule has 6 heteroatoms. The second-order valence-electron chi connectivity index (χ2n) is 3.17. The van der Waals surface area contributed by atoms with Crippen molar-refractivity contribution in [3.63, 3.8) is 0 Å². The minimum atomic E-state index is -3.18. The number of hydrogen-bond acceptors (Lipinski definition) is 3. The second-order valence-corrected chi connectivity index (χ2v) is 3.58. The lowest BCUT2D eigenvalue weighted by Crippen LogP contribution is -2.30. The molecule has 0 saturated carbocycles. The highest BCUT2D eigenvalue weighted by Crippen LogP contribution is 2.21. The maximum atomic E-state index is 12.7. The summed E-state index contributed by atoms with van der Waals surface area (Å²) < 4.78 is 25.4. The van der Waals surface area contributed by atoms with E-state index < -0.39 is 19.1 Å². The molecular weight excluding hydrogens is 238 g/mol. The quantitative estimate of drug-likeness (QED) is 0.857. The molecule has 1 aromatic carbocycles. The van der Waals surface area contributed by atoms with E-state index >= 15 is 0 Å². The number of benzene rings is 1. The standard InChI is InChI=1S/C10H9ClF2N2O/c11-9-3-8(2-1-7(9)4-14)15-5-10(12,13)6-16/h1-3,15-16H,5-6H2. The van der Waals surface area contributed by atoms with Gasteiger partial charge in [0.15, 0.2) is 0 Å². The number of aliphatic hydroxyl groups is 1. The average molecular weight is 247 g/mol. The molecule has 0 aliphatic carbocycles. The minimum absolute atomic E-state index is 0.194. The SMILES string of the molecule is N#Cc1ccc(NCC(F)(F)CO)cc1Cl. The topological polar surface area (TPSA) is 56.0 Å². The number of alkyl halides is 2. The molecular formula is C10H9ClF2N2O. The van der Waals surface area contributed by atoms with Gasteiger partial charge in [0.2, 0.25) is 0 Å². The summed E-state index contributed by atoms with van der Waals surface area (Å²) >= 11 is 5.71. The highest BCUT2D eigenvalue weighted by atomic mass is 35.5. The summed E-state index contributed by atoms with van der Waals surface area (Å²) in [6, 6.07) is 6.14. The number of halogens is 3. The van der Waals surface area contributed by atoms with E-state index in [0.29, 0.717) is 5.69 Å². The van der Waals surface area contributed by atoms with Crippen LogP contribution in [0.1, 0.15) is 5.56 Å². The first-order valence-electron chi connectivity index (χ1n) is 4.41. The smallest absolute Gasteiger partial charge is 0.287 e. The van der Waals surface area contributed by atoms with Crippen molar-refractivity contribution >= 4 is 17.3 Å². The van der Waals surface area contributed by atoms with Gasteiger partial charge in [-0.05, 0) is 18.2 Å². The Balaban J connectivity index is 2.70. The lowest BCUT2D eigenvalue weighted by molar-refractivity contribution is -0.0372. The third-order valence-corrected chi connectivity index (χ3v) is 2.18. The van der Waals surface area contributed by atoms with Gasteiger partial charge in [-0.1, -0.05) is 11.6 Å². The molecule has 86 valence electrons. The molecule has 0 aliphatic heterocycles. The summed E-state index contributed by atoms with van der Waals surface area (Å²) in [6.45, 7) is -1.91. The van der Waals surface area contributed by atoms with Gasteiger partial charge in [0.25, 0.3) is 5.92 Å². The van der Waals surface area contributed by atoms with Gasteiger partial charge in [-0.15, -0.1) is 0 Å². The predicted molar refractivity (Wildman–Crippen MR) is 56.7 cm³/mol. The van der Waals surface area contributed by atoms with Gasteiger partial charge in [-0.25, -0.2) is 8.78 Å². The van der Waals surface area contributed by atoms with Gasteiger partial charge in [-0.2, -0.15) is 5.26 Å². The molecule has 2 N–H and O–H groups in total. The van der Waals surface area contributed by atoms with Gasteiger partial charge in [0.05, 0.1) is 17.1 Å². The molecule has 0 radical (unpaired) electrons. The molecule has 0 aromatic heterocycles. The molecule has 0 spiro atoms. The molecule has 16 heavy (non-hydrogen) atoms. The summed E-state index contributed by atoms with van der Waals surface area (Å²) in [6.07, 6.45) is 0. The number of anilines is 1. The summed E-state index contributed by atoms with van der Waals surface area (Å²) in [5.41, 5.74) is 0.651. The Hall–Kier alpha value is -1.38.